The van der Waals surface area contributed by atoms with Crippen molar-refractivity contribution in [3.05, 3.63) is 70.1 Å². The summed E-state index contributed by atoms with van der Waals surface area (Å²) in [5.41, 5.74) is 6.12. The number of halogens is 1. The Labute approximate surface area is 153 Å². The molecule has 0 radical (unpaired) electrons. The van der Waals surface area contributed by atoms with Gasteiger partial charge in [-0.1, -0.05) is 35.9 Å². The fourth-order valence-electron chi connectivity index (χ4n) is 2.06. The summed E-state index contributed by atoms with van der Waals surface area (Å²) < 4.78 is 4.66. The molecule has 1 aromatic heterocycles. The second kappa shape index (κ2) is 7.92. The van der Waals surface area contributed by atoms with Crippen LogP contribution in [0.4, 0.5) is 5.13 Å². The molecule has 7 heteroatoms. The zero-order valence-corrected chi connectivity index (χ0v) is 14.8. The SMILES string of the molecule is COC(=O)c1ccc(/C=N/Nc2nc(-c3ccc(Cl)cc3)cs2)cc1. The van der Waals surface area contributed by atoms with E-state index in [-0.39, 0.29) is 5.97 Å². The number of methoxy groups -OCH3 is 1. The highest BCUT2D eigenvalue weighted by molar-refractivity contribution is 7.14. The van der Waals surface area contributed by atoms with E-state index >= 15 is 0 Å². The molecule has 0 bridgehead atoms. The molecule has 0 spiro atoms. The molecular weight excluding hydrogens is 358 g/mol. The second-order valence-corrected chi connectivity index (χ2v) is 6.32. The van der Waals surface area contributed by atoms with Gasteiger partial charge >= 0.3 is 5.97 Å². The lowest BCUT2D eigenvalue weighted by Gasteiger charge is -1.99. The Kier molecular flexibility index (Phi) is 5.42. The summed E-state index contributed by atoms with van der Waals surface area (Å²) in [6.07, 6.45) is 1.66. The first-order valence-corrected chi connectivity index (χ1v) is 8.60. The third-order valence-corrected chi connectivity index (χ3v) is 4.35. The van der Waals surface area contributed by atoms with Gasteiger partial charge in [0.15, 0.2) is 0 Å². The second-order valence-electron chi connectivity index (χ2n) is 5.03. The van der Waals surface area contributed by atoms with Crippen LogP contribution in [-0.2, 0) is 4.74 Å². The first-order valence-electron chi connectivity index (χ1n) is 7.34. The van der Waals surface area contributed by atoms with Gasteiger partial charge in [0.1, 0.15) is 0 Å². The number of nitrogens with one attached hydrogen (secondary N) is 1. The van der Waals surface area contributed by atoms with Gasteiger partial charge in [0.2, 0.25) is 5.13 Å². The number of rotatable bonds is 5. The number of hydrazone groups is 1. The molecule has 0 saturated carbocycles. The van der Waals surface area contributed by atoms with Crippen LogP contribution in [0.3, 0.4) is 0 Å². The lowest BCUT2D eigenvalue weighted by Crippen LogP contribution is -2.00. The quantitative estimate of drug-likeness (QED) is 0.401. The van der Waals surface area contributed by atoms with Crippen LogP contribution in [-0.4, -0.2) is 24.3 Å². The van der Waals surface area contributed by atoms with Gasteiger partial charge in [-0.05, 0) is 29.8 Å². The molecule has 0 amide bonds. The molecule has 0 unspecified atom stereocenters. The minimum absolute atomic E-state index is 0.362. The van der Waals surface area contributed by atoms with Gasteiger partial charge < -0.3 is 4.74 Å². The average molecular weight is 372 g/mol. The van der Waals surface area contributed by atoms with Crippen LogP contribution < -0.4 is 5.43 Å². The summed E-state index contributed by atoms with van der Waals surface area (Å²) >= 11 is 7.35. The minimum Gasteiger partial charge on any atom is -0.465 e. The van der Waals surface area contributed by atoms with Crippen LogP contribution in [0.1, 0.15) is 15.9 Å². The van der Waals surface area contributed by atoms with E-state index in [2.05, 4.69) is 20.2 Å². The number of carbonyl (C=O) groups excluding carboxylic acids is 1. The smallest absolute Gasteiger partial charge is 0.337 e. The number of hydrogen-bond acceptors (Lipinski definition) is 6. The monoisotopic (exact) mass is 371 g/mol. The molecule has 25 heavy (non-hydrogen) atoms. The molecule has 0 aliphatic rings. The number of hydrogen-bond donors (Lipinski definition) is 1. The maximum Gasteiger partial charge on any atom is 0.337 e. The summed E-state index contributed by atoms with van der Waals surface area (Å²) in [6, 6.07) is 14.5. The molecule has 3 aromatic rings. The topological polar surface area (TPSA) is 63.6 Å². The molecule has 126 valence electrons. The summed E-state index contributed by atoms with van der Waals surface area (Å²) in [5.74, 6) is -0.362. The van der Waals surface area contributed by atoms with Gasteiger partial charge in [-0.15, -0.1) is 11.3 Å². The molecule has 0 saturated heterocycles. The van der Waals surface area contributed by atoms with Crippen molar-refractivity contribution in [3.63, 3.8) is 0 Å². The highest BCUT2D eigenvalue weighted by Gasteiger charge is 2.05. The lowest BCUT2D eigenvalue weighted by molar-refractivity contribution is 0.0600. The van der Waals surface area contributed by atoms with Gasteiger partial charge in [-0.3, -0.25) is 5.43 Å². The van der Waals surface area contributed by atoms with Crippen LogP contribution in [0, 0.1) is 0 Å². The van der Waals surface area contributed by atoms with E-state index in [0.717, 1.165) is 16.8 Å². The third-order valence-electron chi connectivity index (χ3n) is 3.35. The number of aromatic nitrogens is 1. The summed E-state index contributed by atoms with van der Waals surface area (Å²) in [5, 5.41) is 7.50. The molecule has 0 aliphatic heterocycles. The number of ether oxygens (including phenoxy) is 1. The van der Waals surface area contributed by atoms with Crippen LogP contribution in [0.15, 0.2) is 59.0 Å². The van der Waals surface area contributed by atoms with E-state index in [1.165, 1.54) is 18.4 Å². The fourth-order valence-corrected chi connectivity index (χ4v) is 2.86. The van der Waals surface area contributed by atoms with Gasteiger partial charge in [0.25, 0.3) is 0 Å². The van der Waals surface area contributed by atoms with E-state index in [1.807, 2.05) is 29.6 Å². The van der Waals surface area contributed by atoms with E-state index in [4.69, 9.17) is 11.6 Å². The van der Waals surface area contributed by atoms with Crippen molar-refractivity contribution in [2.75, 3.05) is 12.5 Å². The number of nitrogens with zero attached hydrogens (tertiary/aromatic N) is 2. The summed E-state index contributed by atoms with van der Waals surface area (Å²) in [4.78, 5) is 15.9. The van der Waals surface area contributed by atoms with Crippen molar-refractivity contribution in [2.45, 2.75) is 0 Å². The predicted molar refractivity (Wildman–Crippen MR) is 102 cm³/mol. The maximum absolute atomic E-state index is 11.4. The normalized spacial score (nSPS) is 10.8. The number of anilines is 1. The van der Waals surface area contributed by atoms with Crippen molar-refractivity contribution in [1.29, 1.82) is 0 Å². The van der Waals surface area contributed by atoms with Crippen molar-refractivity contribution in [1.82, 2.24) is 4.98 Å². The Bertz CT molecular complexity index is 889. The van der Waals surface area contributed by atoms with E-state index in [0.29, 0.717) is 15.7 Å². The standard InChI is InChI=1S/C18H14ClN3O2S/c1-24-17(23)14-4-2-12(3-5-14)10-20-22-18-21-16(11-25-18)13-6-8-15(19)9-7-13/h2-11H,1H3,(H,21,22)/b20-10+. The van der Waals surface area contributed by atoms with Gasteiger partial charge in [-0.25, -0.2) is 9.78 Å². The molecule has 1 heterocycles. The van der Waals surface area contributed by atoms with Crippen LogP contribution in [0.25, 0.3) is 11.3 Å². The molecule has 0 fully saturated rings. The molecule has 0 aliphatic carbocycles. The number of benzene rings is 2. The Hall–Kier alpha value is -2.70. The predicted octanol–water partition coefficient (Wildman–Crippen LogP) is 4.70. The lowest BCUT2D eigenvalue weighted by atomic mass is 10.1. The van der Waals surface area contributed by atoms with Crippen LogP contribution >= 0.6 is 22.9 Å². The first kappa shape index (κ1) is 17.1. The van der Waals surface area contributed by atoms with E-state index in [1.54, 1.807) is 30.5 Å². The van der Waals surface area contributed by atoms with Crippen LogP contribution in [0.5, 0.6) is 0 Å². The zero-order chi connectivity index (χ0) is 17.6. The van der Waals surface area contributed by atoms with Gasteiger partial charge in [-0.2, -0.15) is 5.10 Å². The van der Waals surface area contributed by atoms with Gasteiger partial charge in [0, 0.05) is 16.0 Å². The summed E-state index contributed by atoms with van der Waals surface area (Å²) in [7, 11) is 1.36. The molecule has 2 aromatic carbocycles. The molecule has 0 atom stereocenters. The zero-order valence-electron chi connectivity index (χ0n) is 13.3. The minimum atomic E-state index is -0.362. The highest BCUT2D eigenvalue weighted by Crippen LogP contribution is 2.25. The summed E-state index contributed by atoms with van der Waals surface area (Å²) in [6.45, 7) is 0. The van der Waals surface area contributed by atoms with Crippen LogP contribution in [0.2, 0.25) is 5.02 Å². The number of thiazole rings is 1. The molecule has 3 rings (SSSR count). The fraction of sp³-hybridized carbons (Fsp3) is 0.0556. The molecule has 5 nitrogen and oxygen atoms in total. The number of esters is 1. The largest absolute Gasteiger partial charge is 0.465 e. The van der Waals surface area contributed by atoms with Crippen molar-refractivity contribution >= 4 is 40.3 Å². The highest BCUT2D eigenvalue weighted by atomic mass is 35.5. The Morgan fingerprint density at radius 3 is 2.60 bits per heavy atom. The van der Waals surface area contributed by atoms with E-state index < -0.39 is 0 Å². The average Bonchev–Trinajstić information content (AvgIpc) is 3.11. The van der Waals surface area contributed by atoms with Gasteiger partial charge in [0.05, 0.1) is 24.6 Å². The first-order chi connectivity index (χ1) is 12.2. The Morgan fingerprint density at radius 2 is 1.92 bits per heavy atom. The molecular formula is C18H14ClN3O2S. The van der Waals surface area contributed by atoms with Crippen molar-refractivity contribution in [2.24, 2.45) is 5.10 Å². The molecule has 1 N–H and O–H groups in total. The van der Waals surface area contributed by atoms with Crippen molar-refractivity contribution < 1.29 is 9.53 Å². The Balaban J connectivity index is 1.63. The third kappa shape index (κ3) is 4.43. The maximum atomic E-state index is 11.4. The Morgan fingerprint density at radius 1 is 1.20 bits per heavy atom. The van der Waals surface area contributed by atoms with E-state index in [9.17, 15) is 4.79 Å². The number of carbonyl (C=O) groups is 1. The van der Waals surface area contributed by atoms with Crippen molar-refractivity contribution in [3.8, 4) is 11.3 Å².